The van der Waals surface area contributed by atoms with Gasteiger partial charge in [-0.3, -0.25) is 4.79 Å². The molecule has 1 saturated carbocycles. The summed E-state index contributed by atoms with van der Waals surface area (Å²) in [5.74, 6) is 0.813. The summed E-state index contributed by atoms with van der Waals surface area (Å²) in [5, 5.41) is 3.43. The average molecular weight is 479 g/mol. The molecule has 186 valence electrons. The molecule has 1 aliphatic carbocycles. The second-order valence-electron chi connectivity index (χ2n) is 9.90. The quantitative estimate of drug-likeness (QED) is 0.353. The van der Waals surface area contributed by atoms with E-state index in [0.29, 0.717) is 34.5 Å². The van der Waals surface area contributed by atoms with Gasteiger partial charge in [-0.15, -0.1) is 0 Å². The Balaban J connectivity index is 1.28. The average Bonchev–Trinajstić information content (AvgIpc) is 2.84. The Morgan fingerprint density at radius 1 is 1.15 bits per heavy atom. The Hall–Kier alpha value is -1.50. The van der Waals surface area contributed by atoms with Gasteiger partial charge in [-0.2, -0.15) is 0 Å². The minimum Gasteiger partial charge on any atom is -0.496 e. The molecule has 1 aliphatic heterocycles. The van der Waals surface area contributed by atoms with Crippen LogP contribution in [0.4, 0.5) is 5.69 Å². The van der Waals surface area contributed by atoms with Crippen molar-refractivity contribution in [2.24, 2.45) is 5.92 Å². The second kappa shape index (κ2) is 13.4. The van der Waals surface area contributed by atoms with Gasteiger partial charge in [0, 0.05) is 18.7 Å². The van der Waals surface area contributed by atoms with Crippen LogP contribution in [0, 0.1) is 5.92 Å². The van der Waals surface area contributed by atoms with Crippen molar-refractivity contribution in [3.63, 3.8) is 0 Å². The highest BCUT2D eigenvalue weighted by Gasteiger charge is 2.21. The lowest BCUT2D eigenvalue weighted by molar-refractivity contribution is 0.0933. The molecule has 2 aliphatic rings. The molecule has 7 heteroatoms. The Kier molecular flexibility index (Phi) is 10.6. The van der Waals surface area contributed by atoms with Crippen LogP contribution in [0.25, 0.3) is 0 Å². The standard InChI is InChI=1S/C26H43ClN4O2/c1-30(21-9-5-3-6-10-21)13-7-4-8-14-31-15-11-20(12-16-31)19-29-26(32)22-17-23(27)24(28)18-25(22)33-2/h17-18,20-21H,3-16,19,28H2,1-2H3,(H,29,32). The number of anilines is 1. The number of hydrogen-bond donors (Lipinski definition) is 2. The number of benzene rings is 1. The van der Waals surface area contributed by atoms with Crippen LogP contribution in [-0.2, 0) is 0 Å². The van der Waals surface area contributed by atoms with Crippen LogP contribution in [-0.4, -0.2) is 68.6 Å². The molecule has 6 nitrogen and oxygen atoms in total. The molecule has 1 saturated heterocycles. The van der Waals surface area contributed by atoms with Crippen molar-refractivity contribution in [3.05, 3.63) is 22.7 Å². The molecule has 2 fully saturated rings. The van der Waals surface area contributed by atoms with E-state index in [1.54, 1.807) is 12.1 Å². The number of nitrogens with two attached hydrogens (primary N) is 1. The van der Waals surface area contributed by atoms with E-state index in [1.807, 2.05) is 0 Å². The zero-order valence-corrected chi connectivity index (χ0v) is 21.3. The molecule has 0 unspecified atom stereocenters. The van der Waals surface area contributed by atoms with Gasteiger partial charge in [-0.05, 0) is 83.7 Å². The minimum atomic E-state index is -0.158. The third-order valence-corrected chi connectivity index (χ3v) is 7.83. The Labute approximate surface area is 205 Å². The summed E-state index contributed by atoms with van der Waals surface area (Å²) >= 11 is 6.10. The molecular formula is C26H43ClN4O2. The summed E-state index contributed by atoms with van der Waals surface area (Å²) in [6.45, 7) is 5.38. The third kappa shape index (κ3) is 8.04. The van der Waals surface area contributed by atoms with E-state index in [4.69, 9.17) is 22.1 Å². The molecule has 1 aromatic rings. The number of nitrogens with zero attached hydrogens (tertiary/aromatic N) is 2. The number of carbonyl (C=O) groups excluding carboxylic acids is 1. The van der Waals surface area contributed by atoms with Crippen LogP contribution in [0.15, 0.2) is 12.1 Å². The van der Waals surface area contributed by atoms with Crippen LogP contribution in [0.5, 0.6) is 5.75 Å². The maximum Gasteiger partial charge on any atom is 0.255 e. The van der Waals surface area contributed by atoms with E-state index in [9.17, 15) is 4.79 Å². The van der Waals surface area contributed by atoms with Gasteiger partial charge in [0.25, 0.3) is 5.91 Å². The Morgan fingerprint density at radius 2 is 1.88 bits per heavy atom. The molecule has 1 aromatic carbocycles. The highest BCUT2D eigenvalue weighted by Crippen LogP contribution is 2.29. The molecular weight excluding hydrogens is 436 g/mol. The molecule has 0 atom stereocenters. The molecule has 3 rings (SSSR count). The summed E-state index contributed by atoms with van der Waals surface area (Å²) in [6, 6.07) is 4.01. The van der Waals surface area contributed by atoms with Crippen molar-refractivity contribution in [1.82, 2.24) is 15.1 Å². The fourth-order valence-corrected chi connectivity index (χ4v) is 5.40. The summed E-state index contributed by atoms with van der Waals surface area (Å²) in [7, 11) is 3.85. The highest BCUT2D eigenvalue weighted by atomic mass is 35.5. The highest BCUT2D eigenvalue weighted by molar-refractivity contribution is 6.33. The second-order valence-corrected chi connectivity index (χ2v) is 10.3. The normalized spacial score (nSPS) is 18.5. The van der Waals surface area contributed by atoms with Gasteiger partial charge >= 0.3 is 0 Å². The number of nitrogen functional groups attached to an aromatic ring is 1. The number of hydrogen-bond acceptors (Lipinski definition) is 5. The number of piperidine rings is 1. The molecule has 1 amide bonds. The van der Waals surface area contributed by atoms with Crippen molar-refractivity contribution in [2.45, 2.75) is 70.3 Å². The zero-order chi connectivity index (χ0) is 23.6. The lowest BCUT2D eigenvalue weighted by atomic mass is 9.94. The predicted molar refractivity (Wildman–Crippen MR) is 137 cm³/mol. The molecule has 0 radical (unpaired) electrons. The molecule has 0 bridgehead atoms. The van der Waals surface area contributed by atoms with Crippen molar-refractivity contribution in [3.8, 4) is 5.75 Å². The van der Waals surface area contributed by atoms with E-state index in [2.05, 4.69) is 22.2 Å². The minimum absolute atomic E-state index is 0.158. The molecule has 33 heavy (non-hydrogen) atoms. The van der Waals surface area contributed by atoms with Crippen molar-refractivity contribution in [2.75, 3.05) is 52.6 Å². The Bertz CT molecular complexity index is 746. The first-order chi connectivity index (χ1) is 16.0. The number of unbranched alkanes of at least 4 members (excludes halogenated alkanes) is 2. The third-order valence-electron chi connectivity index (χ3n) is 7.51. The van der Waals surface area contributed by atoms with E-state index in [1.165, 1.54) is 71.6 Å². The van der Waals surface area contributed by atoms with Gasteiger partial charge in [0.1, 0.15) is 5.75 Å². The van der Waals surface area contributed by atoms with Crippen molar-refractivity contribution in [1.29, 1.82) is 0 Å². The first-order valence-corrected chi connectivity index (χ1v) is 13.2. The van der Waals surface area contributed by atoms with Gasteiger partial charge in [-0.25, -0.2) is 0 Å². The van der Waals surface area contributed by atoms with Crippen LogP contribution < -0.4 is 15.8 Å². The van der Waals surface area contributed by atoms with Crippen molar-refractivity contribution < 1.29 is 9.53 Å². The maximum atomic E-state index is 12.6. The predicted octanol–water partition coefficient (Wildman–Crippen LogP) is 4.81. The van der Waals surface area contributed by atoms with E-state index in [0.717, 1.165) is 32.0 Å². The van der Waals surface area contributed by atoms with Gasteiger partial charge in [-0.1, -0.05) is 37.3 Å². The van der Waals surface area contributed by atoms with Crippen LogP contribution in [0.3, 0.4) is 0 Å². The topological polar surface area (TPSA) is 70.8 Å². The van der Waals surface area contributed by atoms with Gasteiger partial charge in [0.15, 0.2) is 0 Å². The molecule has 3 N–H and O–H groups in total. The Morgan fingerprint density at radius 3 is 2.58 bits per heavy atom. The molecule has 0 spiro atoms. The van der Waals surface area contributed by atoms with Crippen LogP contribution >= 0.6 is 11.6 Å². The first kappa shape index (κ1) is 26.1. The number of halogens is 1. The van der Waals surface area contributed by atoms with Crippen LogP contribution in [0.1, 0.15) is 74.6 Å². The zero-order valence-electron chi connectivity index (χ0n) is 20.6. The van der Waals surface area contributed by atoms with E-state index < -0.39 is 0 Å². The summed E-state index contributed by atoms with van der Waals surface area (Å²) in [6.07, 6.45) is 13.2. The van der Waals surface area contributed by atoms with Crippen molar-refractivity contribution >= 4 is 23.2 Å². The van der Waals surface area contributed by atoms with Gasteiger partial charge in [0.05, 0.1) is 23.4 Å². The first-order valence-electron chi connectivity index (χ1n) is 12.8. The monoisotopic (exact) mass is 478 g/mol. The lowest BCUT2D eigenvalue weighted by Gasteiger charge is -2.32. The number of ether oxygens (including phenoxy) is 1. The number of carbonyl (C=O) groups is 1. The summed E-state index contributed by atoms with van der Waals surface area (Å²) in [5.41, 5.74) is 6.66. The maximum absolute atomic E-state index is 12.6. The SMILES string of the molecule is COc1cc(N)c(Cl)cc1C(=O)NCC1CCN(CCCCCN(C)C2CCCCC2)CC1. The summed E-state index contributed by atoms with van der Waals surface area (Å²) in [4.78, 5) is 17.8. The number of nitrogens with one attached hydrogen (secondary N) is 1. The molecule has 1 heterocycles. The number of rotatable bonds is 11. The van der Waals surface area contributed by atoms with E-state index >= 15 is 0 Å². The summed E-state index contributed by atoms with van der Waals surface area (Å²) < 4.78 is 5.30. The van der Waals surface area contributed by atoms with Gasteiger partial charge in [0.2, 0.25) is 0 Å². The van der Waals surface area contributed by atoms with Gasteiger partial charge < -0.3 is 25.6 Å². The number of methoxy groups -OCH3 is 1. The fourth-order valence-electron chi connectivity index (χ4n) is 5.24. The lowest BCUT2D eigenvalue weighted by Crippen LogP contribution is -2.39. The molecule has 0 aromatic heterocycles. The van der Waals surface area contributed by atoms with Crippen LogP contribution in [0.2, 0.25) is 5.02 Å². The van der Waals surface area contributed by atoms with E-state index in [-0.39, 0.29) is 5.91 Å². The number of likely N-dealkylation sites (tertiary alicyclic amines) is 1. The largest absolute Gasteiger partial charge is 0.496 e. The smallest absolute Gasteiger partial charge is 0.255 e. The number of amides is 1. The fraction of sp³-hybridized carbons (Fsp3) is 0.731.